The van der Waals surface area contributed by atoms with Crippen molar-refractivity contribution < 1.29 is 4.79 Å². The van der Waals surface area contributed by atoms with Gasteiger partial charge in [-0.25, -0.2) is 9.78 Å². The van der Waals surface area contributed by atoms with E-state index in [1.54, 1.807) is 12.5 Å². The lowest BCUT2D eigenvalue weighted by molar-refractivity contribution is 0.253. The van der Waals surface area contributed by atoms with Gasteiger partial charge >= 0.3 is 6.03 Å². The summed E-state index contributed by atoms with van der Waals surface area (Å²) in [4.78, 5) is 17.1. The quantitative estimate of drug-likeness (QED) is 0.319. The molecule has 0 radical (unpaired) electrons. The second-order valence-electron chi connectivity index (χ2n) is 2.60. The zero-order chi connectivity index (χ0) is 10.4. The predicted molar refractivity (Wildman–Crippen MR) is 50.7 cm³/mol. The molecule has 0 saturated heterocycles. The first kappa shape index (κ1) is 10.0. The Kier molecular flexibility index (Phi) is 3.48. The Morgan fingerprint density at radius 1 is 1.71 bits per heavy atom. The molecule has 6 N–H and O–H groups in total. The van der Waals surface area contributed by atoms with Crippen molar-refractivity contribution in [3.05, 3.63) is 18.2 Å². The van der Waals surface area contributed by atoms with Gasteiger partial charge in [-0.3, -0.25) is 10.7 Å². The third-order valence-electron chi connectivity index (χ3n) is 1.49. The second-order valence-corrected chi connectivity index (χ2v) is 2.60. The van der Waals surface area contributed by atoms with Crippen LogP contribution in [0.25, 0.3) is 0 Å². The van der Waals surface area contributed by atoms with Gasteiger partial charge in [0.05, 0.1) is 12.0 Å². The van der Waals surface area contributed by atoms with Crippen LogP contribution in [0, 0.1) is 5.41 Å². The molecule has 0 aliphatic carbocycles. The van der Waals surface area contributed by atoms with Gasteiger partial charge < -0.3 is 16.0 Å². The average molecular weight is 196 g/mol. The van der Waals surface area contributed by atoms with Crippen molar-refractivity contribution >= 4 is 12.0 Å². The molecular formula is C7H12N6O. The fraction of sp³-hybridized carbons (Fsp3) is 0.286. The van der Waals surface area contributed by atoms with E-state index in [0.717, 1.165) is 5.69 Å². The molecule has 1 heterocycles. The SMILES string of the molecule is N=C(NCCc1c[nH]cn1)NC(N)=O. The van der Waals surface area contributed by atoms with E-state index in [4.69, 9.17) is 11.1 Å². The maximum atomic E-state index is 10.3. The molecule has 0 spiro atoms. The first-order valence-electron chi connectivity index (χ1n) is 4.05. The van der Waals surface area contributed by atoms with Crippen molar-refractivity contribution in [1.29, 1.82) is 5.41 Å². The molecule has 76 valence electrons. The van der Waals surface area contributed by atoms with E-state index in [-0.39, 0.29) is 5.96 Å². The molecule has 14 heavy (non-hydrogen) atoms. The normalized spacial score (nSPS) is 9.43. The fourth-order valence-electron chi connectivity index (χ4n) is 0.911. The van der Waals surface area contributed by atoms with Crippen LogP contribution in [-0.2, 0) is 6.42 Å². The van der Waals surface area contributed by atoms with E-state index in [9.17, 15) is 4.79 Å². The lowest BCUT2D eigenvalue weighted by Gasteiger charge is -2.05. The predicted octanol–water partition coefficient (Wildman–Crippen LogP) is -0.855. The van der Waals surface area contributed by atoms with Crippen LogP contribution >= 0.6 is 0 Å². The number of aromatic amines is 1. The molecule has 1 rings (SSSR count). The standard InChI is InChI=1S/C7H12N6O/c8-6(13-7(9)14)11-2-1-5-3-10-4-12-5/h3-4H,1-2H2,(H,10,12)(H5,8,9,11,13,14). The number of H-pyrrole nitrogens is 1. The number of amides is 2. The summed E-state index contributed by atoms with van der Waals surface area (Å²) in [5, 5.41) is 12.0. The molecule has 0 aromatic carbocycles. The molecule has 0 aliphatic heterocycles. The van der Waals surface area contributed by atoms with Gasteiger partial charge in [0.1, 0.15) is 0 Å². The van der Waals surface area contributed by atoms with E-state index in [1.165, 1.54) is 0 Å². The molecule has 0 bridgehead atoms. The van der Waals surface area contributed by atoms with Crippen molar-refractivity contribution in [1.82, 2.24) is 20.6 Å². The molecule has 0 aliphatic rings. The minimum atomic E-state index is -0.748. The first-order chi connectivity index (χ1) is 6.68. The van der Waals surface area contributed by atoms with Crippen molar-refractivity contribution in [2.45, 2.75) is 6.42 Å². The lowest BCUT2D eigenvalue weighted by atomic mass is 10.3. The summed E-state index contributed by atoms with van der Waals surface area (Å²) >= 11 is 0. The highest BCUT2D eigenvalue weighted by atomic mass is 16.2. The molecule has 0 unspecified atom stereocenters. The summed E-state index contributed by atoms with van der Waals surface area (Å²) in [5.41, 5.74) is 5.70. The minimum absolute atomic E-state index is 0.104. The number of carbonyl (C=O) groups excluding carboxylic acids is 1. The van der Waals surface area contributed by atoms with E-state index in [1.807, 2.05) is 0 Å². The fourth-order valence-corrected chi connectivity index (χ4v) is 0.911. The Morgan fingerprint density at radius 3 is 3.07 bits per heavy atom. The van der Waals surface area contributed by atoms with Crippen LogP contribution in [0.15, 0.2) is 12.5 Å². The van der Waals surface area contributed by atoms with E-state index in [0.29, 0.717) is 13.0 Å². The van der Waals surface area contributed by atoms with Gasteiger partial charge in [0, 0.05) is 19.2 Å². The van der Waals surface area contributed by atoms with Gasteiger partial charge in [0.25, 0.3) is 0 Å². The highest BCUT2D eigenvalue weighted by Gasteiger charge is 1.98. The number of rotatable bonds is 3. The van der Waals surface area contributed by atoms with Crippen LogP contribution in [0.4, 0.5) is 4.79 Å². The van der Waals surface area contributed by atoms with E-state index >= 15 is 0 Å². The molecule has 7 heteroatoms. The molecule has 0 saturated carbocycles. The summed E-state index contributed by atoms with van der Waals surface area (Å²) in [6.45, 7) is 0.518. The second kappa shape index (κ2) is 4.85. The summed E-state index contributed by atoms with van der Waals surface area (Å²) in [5.74, 6) is -0.104. The molecule has 0 atom stereocenters. The number of carbonyl (C=O) groups is 1. The number of nitrogens with two attached hydrogens (primary N) is 1. The van der Waals surface area contributed by atoms with Crippen molar-refractivity contribution in [2.24, 2.45) is 5.73 Å². The number of aromatic nitrogens is 2. The minimum Gasteiger partial charge on any atom is -0.356 e. The maximum absolute atomic E-state index is 10.3. The van der Waals surface area contributed by atoms with Crippen LogP contribution in [0.3, 0.4) is 0 Å². The Bertz CT molecular complexity index is 306. The number of primary amides is 1. The average Bonchev–Trinajstić information content (AvgIpc) is 2.55. The number of nitrogens with one attached hydrogen (secondary N) is 4. The lowest BCUT2D eigenvalue weighted by Crippen LogP contribution is -2.43. The smallest absolute Gasteiger partial charge is 0.318 e. The largest absolute Gasteiger partial charge is 0.356 e. The summed E-state index contributed by atoms with van der Waals surface area (Å²) < 4.78 is 0. The van der Waals surface area contributed by atoms with Gasteiger partial charge in [-0.2, -0.15) is 0 Å². The Labute approximate surface area is 80.6 Å². The Balaban J connectivity index is 2.15. The van der Waals surface area contributed by atoms with Crippen LogP contribution in [0.2, 0.25) is 0 Å². The topological polar surface area (TPSA) is 120 Å². The van der Waals surface area contributed by atoms with Crippen LogP contribution in [-0.4, -0.2) is 28.5 Å². The number of urea groups is 1. The molecular weight excluding hydrogens is 184 g/mol. The van der Waals surface area contributed by atoms with Crippen LogP contribution in [0.1, 0.15) is 5.69 Å². The summed E-state index contributed by atoms with van der Waals surface area (Å²) in [7, 11) is 0. The van der Waals surface area contributed by atoms with Crippen molar-refractivity contribution in [2.75, 3.05) is 6.54 Å². The van der Waals surface area contributed by atoms with E-state index in [2.05, 4.69) is 20.6 Å². The van der Waals surface area contributed by atoms with E-state index < -0.39 is 6.03 Å². The number of guanidine groups is 1. The molecule has 2 amide bonds. The number of hydrogen-bond donors (Lipinski definition) is 5. The van der Waals surface area contributed by atoms with Gasteiger partial charge in [0.2, 0.25) is 0 Å². The number of hydrogen-bond acceptors (Lipinski definition) is 3. The van der Waals surface area contributed by atoms with Crippen molar-refractivity contribution in [3.8, 4) is 0 Å². The summed E-state index contributed by atoms with van der Waals surface area (Å²) in [6, 6.07) is -0.748. The van der Waals surface area contributed by atoms with Crippen LogP contribution in [0.5, 0.6) is 0 Å². The first-order valence-corrected chi connectivity index (χ1v) is 4.05. The highest BCUT2D eigenvalue weighted by Crippen LogP contribution is 1.89. The molecule has 1 aromatic heterocycles. The third kappa shape index (κ3) is 3.57. The monoisotopic (exact) mass is 196 g/mol. The van der Waals surface area contributed by atoms with Gasteiger partial charge in [-0.15, -0.1) is 0 Å². The zero-order valence-electron chi connectivity index (χ0n) is 7.50. The summed E-state index contributed by atoms with van der Waals surface area (Å²) in [6.07, 6.45) is 4.03. The van der Waals surface area contributed by atoms with Crippen molar-refractivity contribution in [3.63, 3.8) is 0 Å². The molecule has 1 aromatic rings. The number of imidazole rings is 1. The Hall–Kier alpha value is -2.05. The van der Waals surface area contributed by atoms with Crippen LogP contribution < -0.4 is 16.4 Å². The molecule has 0 fully saturated rings. The zero-order valence-corrected chi connectivity index (χ0v) is 7.50. The number of nitrogens with zero attached hydrogens (tertiary/aromatic N) is 1. The maximum Gasteiger partial charge on any atom is 0.318 e. The third-order valence-corrected chi connectivity index (χ3v) is 1.49. The molecule has 7 nitrogen and oxygen atoms in total. The van der Waals surface area contributed by atoms with Gasteiger partial charge in [0.15, 0.2) is 5.96 Å². The Morgan fingerprint density at radius 2 is 2.50 bits per heavy atom. The highest BCUT2D eigenvalue weighted by molar-refractivity contribution is 5.93. The van der Waals surface area contributed by atoms with Gasteiger partial charge in [-0.05, 0) is 0 Å². The van der Waals surface area contributed by atoms with Gasteiger partial charge in [-0.1, -0.05) is 0 Å².